The van der Waals surface area contributed by atoms with Crippen LogP contribution in [-0.4, -0.2) is 12.4 Å². The number of nitrogens with two attached hydrogens (primary N) is 1. The van der Waals surface area contributed by atoms with E-state index in [4.69, 9.17) is 33.7 Å². The maximum atomic E-state index is 12.1. The lowest BCUT2D eigenvalue weighted by atomic mass is 9.99. The Kier molecular flexibility index (Phi) is 3.60. The highest BCUT2D eigenvalue weighted by Crippen LogP contribution is 2.30. The molecule has 2 rings (SSSR count). The molecule has 90 valence electrons. The van der Waals surface area contributed by atoms with E-state index in [0.29, 0.717) is 29.9 Å². The van der Waals surface area contributed by atoms with Gasteiger partial charge in [0.05, 0.1) is 28.6 Å². The van der Waals surface area contributed by atoms with Gasteiger partial charge in [0.15, 0.2) is 5.78 Å². The van der Waals surface area contributed by atoms with Crippen molar-refractivity contribution in [1.82, 2.24) is 0 Å². The first kappa shape index (κ1) is 12.3. The van der Waals surface area contributed by atoms with Gasteiger partial charge in [-0.15, -0.1) is 0 Å². The molecular formula is C12H11Cl2NO2. The summed E-state index contributed by atoms with van der Waals surface area (Å²) in [6, 6.07) is 3.06. The van der Waals surface area contributed by atoms with Crippen molar-refractivity contribution in [3.8, 4) is 0 Å². The number of hydrogen-bond donors (Lipinski definition) is 1. The van der Waals surface area contributed by atoms with Crippen LogP contribution in [0.1, 0.15) is 23.2 Å². The molecule has 0 aliphatic carbocycles. The quantitative estimate of drug-likeness (QED) is 0.662. The zero-order valence-electron chi connectivity index (χ0n) is 9.00. The minimum atomic E-state index is -0.117. The van der Waals surface area contributed by atoms with Gasteiger partial charge >= 0.3 is 0 Å². The first-order chi connectivity index (χ1) is 8.09. The number of benzene rings is 1. The highest BCUT2D eigenvalue weighted by Gasteiger charge is 2.17. The Morgan fingerprint density at radius 3 is 2.47 bits per heavy atom. The normalized spacial score (nSPS) is 15.1. The second kappa shape index (κ2) is 4.98. The Morgan fingerprint density at radius 2 is 1.94 bits per heavy atom. The van der Waals surface area contributed by atoms with Gasteiger partial charge in [0, 0.05) is 11.1 Å². The van der Waals surface area contributed by atoms with Gasteiger partial charge in [0.1, 0.15) is 0 Å². The van der Waals surface area contributed by atoms with E-state index in [2.05, 4.69) is 0 Å². The predicted octanol–water partition coefficient (Wildman–Crippen LogP) is 3.45. The number of hydrogen-bond acceptors (Lipinski definition) is 3. The van der Waals surface area contributed by atoms with Crippen molar-refractivity contribution in [2.24, 2.45) is 0 Å². The average Bonchev–Trinajstić information content (AvgIpc) is 2.35. The highest BCUT2D eigenvalue weighted by atomic mass is 35.5. The summed E-state index contributed by atoms with van der Waals surface area (Å²) in [6.07, 6.45) is 3.05. The van der Waals surface area contributed by atoms with E-state index in [-0.39, 0.29) is 15.8 Å². The fourth-order valence-corrected chi connectivity index (χ4v) is 2.12. The van der Waals surface area contributed by atoms with Crippen LogP contribution in [0.5, 0.6) is 0 Å². The number of carbonyl (C=O) groups excluding carboxylic acids is 1. The zero-order chi connectivity index (χ0) is 12.4. The van der Waals surface area contributed by atoms with Crippen molar-refractivity contribution < 1.29 is 9.53 Å². The maximum absolute atomic E-state index is 12.1. The molecule has 1 aromatic carbocycles. The van der Waals surface area contributed by atoms with Gasteiger partial charge in [0.25, 0.3) is 0 Å². The molecule has 0 aromatic heterocycles. The van der Waals surface area contributed by atoms with Gasteiger partial charge in [-0.2, -0.15) is 0 Å². The molecule has 0 atom stereocenters. The third-order valence-electron chi connectivity index (χ3n) is 2.57. The van der Waals surface area contributed by atoms with Gasteiger partial charge in [-0.1, -0.05) is 23.2 Å². The minimum Gasteiger partial charge on any atom is -0.501 e. The van der Waals surface area contributed by atoms with Crippen molar-refractivity contribution in [1.29, 1.82) is 0 Å². The number of ketones is 1. The number of anilines is 1. The fraction of sp³-hybridized carbons (Fsp3) is 0.250. The summed E-state index contributed by atoms with van der Waals surface area (Å²) in [4.78, 5) is 12.1. The smallest absolute Gasteiger partial charge is 0.192 e. The number of halogens is 2. The molecule has 3 nitrogen and oxygen atoms in total. The van der Waals surface area contributed by atoms with E-state index >= 15 is 0 Å². The summed E-state index contributed by atoms with van der Waals surface area (Å²) in [5.74, 6) is -0.117. The molecule has 1 aliphatic rings. The molecule has 0 amide bonds. The molecule has 0 radical (unpaired) electrons. The molecule has 0 saturated carbocycles. The van der Waals surface area contributed by atoms with Crippen LogP contribution in [-0.2, 0) is 4.74 Å². The molecule has 1 aromatic rings. The summed E-state index contributed by atoms with van der Waals surface area (Å²) in [5, 5.41) is 0.580. The molecular weight excluding hydrogens is 261 g/mol. The summed E-state index contributed by atoms with van der Waals surface area (Å²) < 4.78 is 5.14. The van der Waals surface area contributed by atoms with Crippen LogP contribution in [0.4, 0.5) is 5.69 Å². The van der Waals surface area contributed by atoms with Crippen molar-refractivity contribution in [2.45, 2.75) is 12.8 Å². The topological polar surface area (TPSA) is 52.3 Å². The monoisotopic (exact) mass is 271 g/mol. The number of rotatable bonds is 2. The second-order valence-corrected chi connectivity index (χ2v) is 4.61. The molecule has 17 heavy (non-hydrogen) atoms. The molecule has 5 heteroatoms. The summed E-state index contributed by atoms with van der Waals surface area (Å²) in [7, 11) is 0. The van der Waals surface area contributed by atoms with E-state index in [1.807, 2.05) is 0 Å². The van der Waals surface area contributed by atoms with Gasteiger partial charge in [-0.3, -0.25) is 4.79 Å². The molecule has 0 unspecified atom stereocenters. The van der Waals surface area contributed by atoms with Gasteiger partial charge in [-0.25, -0.2) is 0 Å². The SMILES string of the molecule is Nc1c(Cl)cc(C(=O)C2=COCCC2)cc1Cl. The van der Waals surface area contributed by atoms with Crippen LogP contribution in [0.15, 0.2) is 24.0 Å². The third-order valence-corrected chi connectivity index (χ3v) is 3.19. The summed E-state index contributed by atoms with van der Waals surface area (Å²) >= 11 is 11.8. The van der Waals surface area contributed by atoms with Crippen molar-refractivity contribution >= 4 is 34.7 Å². The average molecular weight is 272 g/mol. The van der Waals surface area contributed by atoms with Crippen molar-refractivity contribution in [3.05, 3.63) is 39.6 Å². The largest absolute Gasteiger partial charge is 0.501 e. The van der Waals surface area contributed by atoms with Crippen LogP contribution in [0.3, 0.4) is 0 Å². The molecule has 0 fully saturated rings. The second-order valence-electron chi connectivity index (χ2n) is 3.80. The Morgan fingerprint density at radius 1 is 1.29 bits per heavy atom. The number of ether oxygens (including phenoxy) is 1. The first-order valence-electron chi connectivity index (χ1n) is 5.19. The van der Waals surface area contributed by atoms with Gasteiger partial charge < -0.3 is 10.5 Å². The third kappa shape index (κ3) is 2.56. The standard InChI is InChI=1S/C12H11Cl2NO2/c13-9-4-8(5-10(14)11(9)15)12(16)7-2-1-3-17-6-7/h4-6H,1-3,15H2. The Bertz CT molecular complexity index is 474. The van der Waals surface area contributed by atoms with E-state index in [9.17, 15) is 4.79 Å². The Labute approximate surface area is 109 Å². The van der Waals surface area contributed by atoms with E-state index < -0.39 is 0 Å². The first-order valence-corrected chi connectivity index (χ1v) is 5.95. The zero-order valence-corrected chi connectivity index (χ0v) is 10.5. The number of allylic oxidation sites excluding steroid dienone is 1. The van der Waals surface area contributed by atoms with E-state index in [0.717, 1.165) is 6.42 Å². The van der Waals surface area contributed by atoms with E-state index in [1.165, 1.54) is 18.4 Å². The van der Waals surface area contributed by atoms with Crippen molar-refractivity contribution in [3.63, 3.8) is 0 Å². The van der Waals surface area contributed by atoms with Gasteiger partial charge in [0.2, 0.25) is 0 Å². The predicted molar refractivity (Wildman–Crippen MR) is 68.5 cm³/mol. The number of nitrogen functional groups attached to an aromatic ring is 1. The van der Waals surface area contributed by atoms with Crippen LogP contribution in [0.25, 0.3) is 0 Å². The number of Topliss-reactive ketones (excluding diaryl/α,β-unsaturated/α-hetero) is 1. The molecule has 1 aliphatic heterocycles. The molecule has 1 heterocycles. The molecule has 0 bridgehead atoms. The minimum absolute atomic E-state index is 0.117. The number of carbonyl (C=O) groups is 1. The van der Waals surface area contributed by atoms with Gasteiger partial charge in [-0.05, 0) is 25.0 Å². The molecule has 2 N–H and O–H groups in total. The van der Waals surface area contributed by atoms with Crippen LogP contribution < -0.4 is 5.73 Å². The van der Waals surface area contributed by atoms with Crippen LogP contribution >= 0.6 is 23.2 Å². The van der Waals surface area contributed by atoms with Crippen LogP contribution in [0.2, 0.25) is 10.0 Å². The Hall–Kier alpha value is -1.19. The van der Waals surface area contributed by atoms with Crippen molar-refractivity contribution in [2.75, 3.05) is 12.3 Å². The van der Waals surface area contributed by atoms with E-state index in [1.54, 1.807) is 0 Å². The molecule has 0 spiro atoms. The fourth-order valence-electron chi connectivity index (χ4n) is 1.63. The Balaban J connectivity index is 2.34. The summed E-state index contributed by atoms with van der Waals surface area (Å²) in [5.41, 5.74) is 6.97. The highest BCUT2D eigenvalue weighted by molar-refractivity contribution is 6.39. The lowest BCUT2D eigenvalue weighted by Gasteiger charge is -2.13. The van der Waals surface area contributed by atoms with Crippen LogP contribution in [0, 0.1) is 0 Å². The molecule has 0 saturated heterocycles. The lowest BCUT2D eigenvalue weighted by Crippen LogP contribution is -2.09. The lowest BCUT2D eigenvalue weighted by molar-refractivity contribution is 0.101. The summed E-state index contributed by atoms with van der Waals surface area (Å²) in [6.45, 7) is 0.653. The maximum Gasteiger partial charge on any atom is 0.192 e.